The predicted molar refractivity (Wildman–Crippen MR) is 111 cm³/mol. The molecule has 3 aromatic rings. The summed E-state index contributed by atoms with van der Waals surface area (Å²) in [4.78, 5) is 25.8. The molecule has 1 atom stereocenters. The molecule has 0 aliphatic carbocycles. The van der Waals surface area contributed by atoms with Gasteiger partial charge in [-0.3, -0.25) is 9.59 Å². The van der Waals surface area contributed by atoms with Crippen LogP contribution in [0.4, 0.5) is 0 Å². The third-order valence-electron chi connectivity index (χ3n) is 4.88. The second-order valence-corrected chi connectivity index (χ2v) is 7.21. The standard InChI is InChI=1S/C21H28N4O3/c1-5-17(20(26)22-11-8-12-28-14(2)3)25-18-10-7-6-9-15(18)16-13-23-24(4)21(27)19(16)25/h6-7,9-10,13-14,17H,5,8,11-12H2,1-4H3,(H,22,26). The van der Waals surface area contributed by atoms with E-state index in [0.29, 0.717) is 25.1 Å². The van der Waals surface area contributed by atoms with Gasteiger partial charge in [0.25, 0.3) is 5.56 Å². The Balaban J connectivity index is 1.96. The van der Waals surface area contributed by atoms with Gasteiger partial charge in [-0.15, -0.1) is 0 Å². The fourth-order valence-electron chi connectivity index (χ4n) is 3.52. The SMILES string of the molecule is CCC(C(=O)NCCCOC(C)C)n1c2ccccc2c2cnn(C)c(=O)c21. The predicted octanol–water partition coefficient (Wildman–Crippen LogP) is 2.77. The summed E-state index contributed by atoms with van der Waals surface area (Å²) in [5, 5.41) is 8.86. The van der Waals surface area contributed by atoms with Crippen LogP contribution >= 0.6 is 0 Å². The van der Waals surface area contributed by atoms with Gasteiger partial charge in [0.1, 0.15) is 11.6 Å². The summed E-state index contributed by atoms with van der Waals surface area (Å²) in [7, 11) is 1.62. The van der Waals surface area contributed by atoms with Crippen LogP contribution in [0, 0.1) is 0 Å². The van der Waals surface area contributed by atoms with Crippen molar-refractivity contribution in [2.24, 2.45) is 7.05 Å². The molecule has 0 fully saturated rings. The number of aryl methyl sites for hydroxylation is 1. The van der Waals surface area contributed by atoms with Crippen molar-refractivity contribution in [3.05, 3.63) is 40.8 Å². The lowest BCUT2D eigenvalue weighted by atomic mass is 10.2. The highest BCUT2D eigenvalue weighted by molar-refractivity contribution is 6.08. The molecule has 0 saturated carbocycles. The number of hydrogen-bond acceptors (Lipinski definition) is 4. The number of ether oxygens (including phenoxy) is 1. The zero-order valence-electron chi connectivity index (χ0n) is 16.9. The first-order chi connectivity index (χ1) is 13.5. The highest BCUT2D eigenvalue weighted by Gasteiger charge is 2.25. The van der Waals surface area contributed by atoms with Crippen molar-refractivity contribution in [3.8, 4) is 0 Å². The van der Waals surface area contributed by atoms with Crippen LogP contribution in [-0.4, -0.2) is 39.5 Å². The maximum Gasteiger partial charge on any atom is 0.291 e. The van der Waals surface area contributed by atoms with Crippen LogP contribution in [0.5, 0.6) is 0 Å². The Morgan fingerprint density at radius 3 is 2.71 bits per heavy atom. The molecule has 1 N–H and O–H groups in total. The molecule has 0 saturated heterocycles. The number of amides is 1. The van der Waals surface area contributed by atoms with E-state index in [9.17, 15) is 9.59 Å². The fourth-order valence-corrected chi connectivity index (χ4v) is 3.52. The minimum atomic E-state index is -0.469. The lowest BCUT2D eigenvalue weighted by molar-refractivity contribution is -0.124. The zero-order chi connectivity index (χ0) is 20.3. The van der Waals surface area contributed by atoms with E-state index in [2.05, 4.69) is 10.4 Å². The Kier molecular flexibility index (Phi) is 6.14. The Hall–Kier alpha value is -2.67. The number of hydrogen-bond donors (Lipinski definition) is 1. The Morgan fingerprint density at radius 1 is 1.25 bits per heavy atom. The third kappa shape index (κ3) is 3.80. The van der Waals surface area contributed by atoms with Crippen molar-refractivity contribution < 1.29 is 9.53 Å². The summed E-state index contributed by atoms with van der Waals surface area (Å²) >= 11 is 0. The molecule has 2 heterocycles. The minimum absolute atomic E-state index is 0.0893. The second-order valence-electron chi connectivity index (χ2n) is 7.21. The van der Waals surface area contributed by atoms with Crippen molar-refractivity contribution in [1.82, 2.24) is 19.7 Å². The average molecular weight is 384 g/mol. The van der Waals surface area contributed by atoms with Gasteiger partial charge in [-0.1, -0.05) is 25.1 Å². The summed E-state index contributed by atoms with van der Waals surface area (Å²) in [5.41, 5.74) is 1.18. The molecular weight excluding hydrogens is 356 g/mol. The number of fused-ring (bicyclic) bond motifs is 3. The maximum atomic E-state index is 13.0. The highest BCUT2D eigenvalue weighted by atomic mass is 16.5. The molecule has 0 spiro atoms. The lowest BCUT2D eigenvalue weighted by Gasteiger charge is -2.19. The first kappa shape index (κ1) is 20.1. The molecule has 2 aromatic heterocycles. The van der Waals surface area contributed by atoms with Gasteiger partial charge in [-0.2, -0.15) is 5.10 Å². The second kappa shape index (κ2) is 8.56. The van der Waals surface area contributed by atoms with Gasteiger partial charge in [-0.05, 0) is 32.8 Å². The number of aromatic nitrogens is 3. The van der Waals surface area contributed by atoms with Gasteiger partial charge >= 0.3 is 0 Å². The summed E-state index contributed by atoms with van der Waals surface area (Å²) in [5.74, 6) is -0.0893. The van der Waals surface area contributed by atoms with E-state index in [0.717, 1.165) is 22.7 Å². The van der Waals surface area contributed by atoms with E-state index in [1.54, 1.807) is 13.2 Å². The molecule has 28 heavy (non-hydrogen) atoms. The van der Waals surface area contributed by atoms with Crippen molar-refractivity contribution in [2.75, 3.05) is 13.2 Å². The Bertz CT molecular complexity index is 1040. The fraction of sp³-hybridized carbons (Fsp3) is 0.476. The molecule has 0 aliphatic heterocycles. The average Bonchev–Trinajstić information content (AvgIpc) is 3.00. The van der Waals surface area contributed by atoms with Crippen LogP contribution < -0.4 is 10.9 Å². The molecule has 1 unspecified atom stereocenters. The number of carbonyl (C=O) groups is 1. The topological polar surface area (TPSA) is 78.2 Å². The van der Waals surface area contributed by atoms with E-state index < -0.39 is 6.04 Å². The third-order valence-corrected chi connectivity index (χ3v) is 4.88. The summed E-state index contributed by atoms with van der Waals surface area (Å²) in [6.07, 6.45) is 3.21. The van der Waals surface area contributed by atoms with Crippen molar-refractivity contribution in [1.29, 1.82) is 0 Å². The van der Waals surface area contributed by atoms with Crippen molar-refractivity contribution in [3.63, 3.8) is 0 Å². The molecule has 0 aliphatic rings. The van der Waals surface area contributed by atoms with Gasteiger partial charge in [-0.25, -0.2) is 4.68 Å². The van der Waals surface area contributed by atoms with Crippen molar-refractivity contribution in [2.45, 2.75) is 45.8 Å². The van der Waals surface area contributed by atoms with Gasteiger partial charge < -0.3 is 14.6 Å². The van der Waals surface area contributed by atoms with Crippen LogP contribution in [0.3, 0.4) is 0 Å². The number of nitrogens with one attached hydrogen (secondary N) is 1. The monoisotopic (exact) mass is 384 g/mol. The minimum Gasteiger partial charge on any atom is -0.379 e. The van der Waals surface area contributed by atoms with Crippen LogP contribution in [0.2, 0.25) is 0 Å². The first-order valence-corrected chi connectivity index (χ1v) is 9.80. The van der Waals surface area contributed by atoms with Gasteiger partial charge in [0.15, 0.2) is 0 Å². The largest absolute Gasteiger partial charge is 0.379 e. The van der Waals surface area contributed by atoms with Gasteiger partial charge in [0.2, 0.25) is 5.91 Å². The maximum absolute atomic E-state index is 13.0. The molecule has 3 rings (SSSR count). The molecule has 0 bridgehead atoms. The number of carbonyl (C=O) groups excluding carboxylic acids is 1. The molecule has 7 heteroatoms. The first-order valence-electron chi connectivity index (χ1n) is 9.80. The Labute approximate surface area is 164 Å². The zero-order valence-corrected chi connectivity index (χ0v) is 16.9. The van der Waals surface area contributed by atoms with Crippen LogP contribution in [-0.2, 0) is 16.6 Å². The van der Waals surface area contributed by atoms with Gasteiger partial charge in [0, 0.05) is 31.0 Å². The van der Waals surface area contributed by atoms with E-state index >= 15 is 0 Å². The van der Waals surface area contributed by atoms with Crippen LogP contribution in [0.25, 0.3) is 21.8 Å². The summed E-state index contributed by atoms with van der Waals surface area (Å²) < 4.78 is 8.70. The molecule has 7 nitrogen and oxygen atoms in total. The van der Waals surface area contributed by atoms with E-state index in [-0.39, 0.29) is 17.6 Å². The number of para-hydroxylation sites is 1. The van der Waals surface area contributed by atoms with E-state index in [1.807, 2.05) is 49.6 Å². The normalized spacial score (nSPS) is 12.8. The summed E-state index contributed by atoms with van der Waals surface area (Å²) in [6, 6.07) is 7.29. The highest BCUT2D eigenvalue weighted by Crippen LogP contribution is 2.30. The number of rotatable bonds is 8. The quantitative estimate of drug-likeness (QED) is 0.606. The summed E-state index contributed by atoms with van der Waals surface area (Å²) in [6.45, 7) is 7.08. The van der Waals surface area contributed by atoms with E-state index in [4.69, 9.17) is 4.74 Å². The molecule has 0 radical (unpaired) electrons. The lowest BCUT2D eigenvalue weighted by Crippen LogP contribution is -2.34. The number of nitrogens with zero attached hydrogens (tertiary/aromatic N) is 3. The molecule has 1 aromatic carbocycles. The smallest absolute Gasteiger partial charge is 0.291 e. The van der Waals surface area contributed by atoms with Crippen LogP contribution in [0.15, 0.2) is 35.3 Å². The number of benzene rings is 1. The van der Waals surface area contributed by atoms with Crippen LogP contribution in [0.1, 0.15) is 39.7 Å². The van der Waals surface area contributed by atoms with E-state index in [1.165, 1.54) is 4.68 Å². The Morgan fingerprint density at radius 2 is 2.00 bits per heavy atom. The molecule has 150 valence electrons. The molecular formula is C21H28N4O3. The molecule has 1 amide bonds. The van der Waals surface area contributed by atoms with Gasteiger partial charge in [0.05, 0.1) is 17.8 Å². The van der Waals surface area contributed by atoms with Crippen molar-refractivity contribution >= 4 is 27.7 Å².